The Hall–Kier alpha value is -2.34. The largest absolute Gasteiger partial charge is 0.497 e. The number of carbonyl (C=O) groups excluding carboxylic acids is 1. The lowest BCUT2D eigenvalue weighted by molar-refractivity contribution is -0.116. The number of anilines is 1. The highest BCUT2D eigenvalue weighted by atomic mass is 16.5. The number of methoxy groups -OCH3 is 1. The zero-order valence-electron chi connectivity index (χ0n) is 13.9. The van der Waals surface area contributed by atoms with Gasteiger partial charge in [0.15, 0.2) is 0 Å². The number of amides is 1. The molecule has 2 aromatic rings. The minimum atomic E-state index is 0.00183. The second kappa shape index (κ2) is 7.97. The minimum absolute atomic E-state index is 0.00183. The fourth-order valence-corrected chi connectivity index (χ4v) is 2.84. The van der Waals surface area contributed by atoms with Crippen LogP contribution in [0.3, 0.4) is 0 Å². The molecule has 1 fully saturated rings. The summed E-state index contributed by atoms with van der Waals surface area (Å²) in [6.07, 6.45) is 5.33. The molecule has 1 amide bonds. The predicted molar refractivity (Wildman–Crippen MR) is 91.2 cm³/mol. The molecule has 1 aromatic heterocycles. The van der Waals surface area contributed by atoms with Crippen molar-refractivity contribution in [2.75, 3.05) is 19.0 Å². The molecule has 6 nitrogen and oxygen atoms in total. The van der Waals surface area contributed by atoms with Crippen molar-refractivity contribution in [3.63, 3.8) is 0 Å². The second-order valence-electron chi connectivity index (χ2n) is 5.94. The quantitative estimate of drug-likeness (QED) is 0.848. The molecular weight excluding hydrogens is 306 g/mol. The Labute approximate surface area is 141 Å². The Kier molecular flexibility index (Phi) is 5.48. The summed E-state index contributed by atoms with van der Waals surface area (Å²) in [7, 11) is 1.65. The van der Waals surface area contributed by atoms with Crippen molar-refractivity contribution < 1.29 is 14.3 Å². The van der Waals surface area contributed by atoms with Crippen molar-refractivity contribution in [3.05, 3.63) is 42.1 Å². The molecule has 128 valence electrons. The topological polar surface area (TPSA) is 65.4 Å². The van der Waals surface area contributed by atoms with Gasteiger partial charge in [0.2, 0.25) is 5.91 Å². The molecular formula is C18H23N3O3. The number of nitrogens with one attached hydrogen (secondary N) is 1. The van der Waals surface area contributed by atoms with E-state index in [1.165, 1.54) is 0 Å². The van der Waals surface area contributed by atoms with Crippen LogP contribution < -0.4 is 10.1 Å². The lowest BCUT2D eigenvalue weighted by atomic mass is 10.1. The lowest BCUT2D eigenvalue weighted by Gasteiger charge is -2.11. The van der Waals surface area contributed by atoms with Gasteiger partial charge >= 0.3 is 0 Å². The molecule has 0 radical (unpaired) electrons. The number of carbonyl (C=O) groups is 1. The van der Waals surface area contributed by atoms with Crippen LogP contribution in [0.4, 0.5) is 5.82 Å². The molecule has 0 bridgehead atoms. The summed E-state index contributed by atoms with van der Waals surface area (Å²) >= 11 is 0. The highest BCUT2D eigenvalue weighted by molar-refractivity contribution is 5.89. The molecule has 1 atom stereocenters. The van der Waals surface area contributed by atoms with E-state index in [-0.39, 0.29) is 12.0 Å². The summed E-state index contributed by atoms with van der Waals surface area (Å²) in [4.78, 5) is 12.1. The van der Waals surface area contributed by atoms with Crippen LogP contribution in [0.25, 0.3) is 0 Å². The maximum atomic E-state index is 12.1. The summed E-state index contributed by atoms with van der Waals surface area (Å²) in [5.74, 6) is 1.53. The van der Waals surface area contributed by atoms with Gasteiger partial charge in [-0.05, 0) is 37.0 Å². The van der Waals surface area contributed by atoms with Crippen molar-refractivity contribution in [1.29, 1.82) is 0 Å². The van der Waals surface area contributed by atoms with Gasteiger partial charge in [-0.2, -0.15) is 5.10 Å². The molecule has 1 aliphatic rings. The first-order valence-electron chi connectivity index (χ1n) is 8.31. The van der Waals surface area contributed by atoms with Crippen LogP contribution >= 0.6 is 0 Å². The number of hydrogen-bond donors (Lipinski definition) is 1. The first-order valence-corrected chi connectivity index (χ1v) is 8.31. The van der Waals surface area contributed by atoms with E-state index in [1.807, 2.05) is 30.3 Å². The molecule has 6 heteroatoms. The SMILES string of the molecule is COc1ccc(Cn2nccc2NC(=O)CC[C@H]2CCCO2)cc1. The second-order valence-corrected chi connectivity index (χ2v) is 5.94. The van der Waals surface area contributed by atoms with Crippen molar-refractivity contribution in [2.45, 2.75) is 38.3 Å². The number of aromatic nitrogens is 2. The highest BCUT2D eigenvalue weighted by Crippen LogP contribution is 2.18. The van der Waals surface area contributed by atoms with E-state index >= 15 is 0 Å². The third-order valence-corrected chi connectivity index (χ3v) is 4.19. The predicted octanol–water partition coefficient (Wildman–Crippen LogP) is 2.84. The Morgan fingerprint density at radius 2 is 2.21 bits per heavy atom. The van der Waals surface area contributed by atoms with Gasteiger partial charge in [-0.25, -0.2) is 4.68 Å². The number of ether oxygens (including phenoxy) is 2. The van der Waals surface area contributed by atoms with Crippen LogP contribution in [0.15, 0.2) is 36.5 Å². The smallest absolute Gasteiger partial charge is 0.225 e. The highest BCUT2D eigenvalue weighted by Gasteiger charge is 2.17. The van der Waals surface area contributed by atoms with E-state index in [4.69, 9.17) is 9.47 Å². The molecule has 1 aliphatic heterocycles. The Balaban J connectivity index is 1.54. The molecule has 0 spiro atoms. The van der Waals surface area contributed by atoms with E-state index in [2.05, 4.69) is 10.4 Å². The number of nitrogens with zero attached hydrogens (tertiary/aromatic N) is 2. The van der Waals surface area contributed by atoms with Crippen LogP contribution in [0.1, 0.15) is 31.2 Å². The summed E-state index contributed by atoms with van der Waals surface area (Å²) < 4.78 is 12.5. The van der Waals surface area contributed by atoms with Gasteiger partial charge in [-0.3, -0.25) is 4.79 Å². The number of hydrogen-bond acceptors (Lipinski definition) is 4. The van der Waals surface area contributed by atoms with Gasteiger partial charge in [-0.15, -0.1) is 0 Å². The molecule has 0 aliphatic carbocycles. The maximum Gasteiger partial charge on any atom is 0.225 e. The van der Waals surface area contributed by atoms with Crippen molar-refractivity contribution in [2.24, 2.45) is 0 Å². The summed E-state index contributed by atoms with van der Waals surface area (Å²) in [6.45, 7) is 1.42. The molecule has 3 rings (SSSR count). The maximum absolute atomic E-state index is 12.1. The van der Waals surface area contributed by atoms with Crippen LogP contribution in [0.2, 0.25) is 0 Å². The number of benzene rings is 1. The molecule has 1 saturated heterocycles. The van der Waals surface area contributed by atoms with Crippen LogP contribution in [0.5, 0.6) is 5.75 Å². The zero-order valence-corrected chi connectivity index (χ0v) is 13.9. The Morgan fingerprint density at radius 1 is 1.38 bits per heavy atom. The first kappa shape index (κ1) is 16.5. The van der Waals surface area contributed by atoms with Crippen molar-refractivity contribution in [3.8, 4) is 5.75 Å². The van der Waals surface area contributed by atoms with Gasteiger partial charge in [0.05, 0.1) is 26.0 Å². The standard InChI is InChI=1S/C18H23N3O3/c1-23-15-6-4-14(5-7-15)13-21-17(10-11-19-21)20-18(22)9-8-16-3-2-12-24-16/h4-7,10-11,16H,2-3,8-9,12-13H2,1H3,(H,20,22)/t16-/m1/s1. The average molecular weight is 329 g/mol. The fraction of sp³-hybridized carbons (Fsp3) is 0.444. The average Bonchev–Trinajstić information content (AvgIpc) is 3.26. The summed E-state index contributed by atoms with van der Waals surface area (Å²) in [5.41, 5.74) is 1.09. The van der Waals surface area contributed by atoms with Crippen LogP contribution in [-0.2, 0) is 16.1 Å². The van der Waals surface area contributed by atoms with E-state index in [1.54, 1.807) is 18.0 Å². The monoisotopic (exact) mass is 329 g/mol. The Bertz CT molecular complexity index is 660. The van der Waals surface area contributed by atoms with Crippen LogP contribution in [-0.4, -0.2) is 35.5 Å². The molecule has 24 heavy (non-hydrogen) atoms. The van der Waals surface area contributed by atoms with Gasteiger partial charge < -0.3 is 14.8 Å². The summed E-state index contributed by atoms with van der Waals surface area (Å²) in [5, 5.41) is 7.23. The van der Waals surface area contributed by atoms with Gasteiger partial charge in [0.25, 0.3) is 0 Å². The Morgan fingerprint density at radius 3 is 2.92 bits per heavy atom. The van der Waals surface area contributed by atoms with E-state index < -0.39 is 0 Å². The van der Waals surface area contributed by atoms with E-state index in [9.17, 15) is 4.79 Å². The van der Waals surface area contributed by atoms with Crippen molar-refractivity contribution >= 4 is 11.7 Å². The minimum Gasteiger partial charge on any atom is -0.497 e. The van der Waals surface area contributed by atoms with Gasteiger partial charge in [-0.1, -0.05) is 12.1 Å². The molecule has 1 N–H and O–H groups in total. The van der Waals surface area contributed by atoms with E-state index in [0.717, 1.165) is 37.2 Å². The number of rotatable bonds is 7. The van der Waals surface area contributed by atoms with Gasteiger partial charge in [0, 0.05) is 19.1 Å². The third kappa shape index (κ3) is 4.35. The fourth-order valence-electron chi connectivity index (χ4n) is 2.84. The molecule has 2 heterocycles. The third-order valence-electron chi connectivity index (χ3n) is 4.19. The van der Waals surface area contributed by atoms with Gasteiger partial charge in [0.1, 0.15) is 11.6 Å². The lowest BCUT2D eigenvalue weighted by Crippen LogP contribution is -2.18. The molecule has 0 saturated carbocycles. The molecule has 1 aromatic carbocycles. The van der Waals surface area contributed by atoms with E-state index in [0.29, 0.717) is 18.8 Å². The first-order chi connectivity index (χ1) is 11.7. The zero-order chi connectivity index (χ0) is 16.8. The van der Waals surface area contributed by atoms with Crippen molar-refractivity contribution in [1.82, 2.24) is 9.78 Å². The van der Waals surface area contributed by atoms with Crippen LogP contribution in [0, 0.1) is 0 Å². The normalized spacial score (nSPS) is 17.0. The molecule has 0 unspecified atom stereocenters. The summed E-state index contributed by atoms with van der Waals surface area (Å²) in [6, 6.07) is 9.62.